The normalized spacial score (nSPS) is 51.1. The van der Waals surface area contributed by atoms with Crippen molar-refractivity contribution in [2.75, 3.05) is 52.9 Å². The maximum Gasteiger partial charge on any atom is 0.217 e. The molecule has 10 aliphatic rings. The Balaban J connectivity index is 0.874. The number of aliphatic hydroxyl groups excluding tert-OH is 27. The lowest BCUT2D eigenvalue weighted by atomic mass is 9.94. The molecule has 52 nitrogen and oxygen atoms in total. The number of hydrogen-bond acceptors (Lipinski definition) is 49. The Morgan fingerprint density at radius 3 is 0.864 bits per heavy atom. The van der Waals surface area contributed by atoms with Gasteiger partial charge in [-0.3, -0.25) is 14.4 Å². The molecule has 10 rings (SSSR count). The van der Waals surface area contributed by atoms with Crippen LogP contribution in [0.5, 0.6) is 0 Å². The highest BCUT2D eigenvalue weighted by Crippen LogP contribution is 2.41. The van der Waals surface area contributed by atoms with Crippen molar-refractivity contribution in [2.24, 2.45) is 0 Å². The maximum atomic E-state index is 13.1. The molecular formula is C66H111N3O49. The van der Waals surface area contributed by atoms with Crippen LogP contribution in [-0.2, 0) is 104 Å². The summed E-state index contributed by atoms with van der Waals surface area (Å²) in [4.78, 5) is 39.1. The Kier molecular flexibility index (Phi) is 34.3. The molecule has 52 heteroatoms. The minimum Gasteiger partial charge on any atom is -0.394 e. The Bertz CT molecular complexity index is 3140. The highest BCUT2D eigenvalue weighted by Gasteiger charge is 2.62. The topological polar surface area (TPSA) is 809 Å². The molecule has 10 aliphatic heterocycles. The number of amides is 3. The van der Waals surface area contributed by atoms with Gasteiger partial charge in [-0.25, -0.2) is 0 Å². The summed E-state index contributed by atoms with van der Waals surface area (Å²) in [7, 11) is 0. The van der Waals surface area contributed by atoms with Crippen LogP contribution in [0.2, 0.25) is 0 Å². The summed E-state index contributed by atoms with van der Waals surface area (Å²) >= 11 is 0. The molecule has 0 aromatic carbocycles. The lowest BCUT2D eigenvalue weighted by Gasteiger charge is -2.51. The highest BCUT2D eigenvalue weighted by atomic mass is 16.8. The van der Waals surface area contributed by atoms with Crippen molar-refractivity contribution in [3.05, 3.63) is 0 Å². The van der Waals surface area contributed by atoms with Crippen LogP contribution in [0.3, 0.4) is 0 Å². The van der Waals surface area contributed by atoms with Crippen LogP contribution < -0.4 is 16.0 Å². The van der Waals surface area contributed by atoms with Gasteiger partial charge in [-0.2, -0.15) is 0 Å². The summed E-state index contributed by atoms with van der Waals surface area (Å²) in [6.45, 7) is -3.40. The van der Waals surface area contributed by atoms with E-state index < -0.39 is 377 Å². The van der Waals surface area contributed by atoms with Crippen LogP contribution in [0.1, 0.15) is 34.6 Å². The second-order valence-electron chi connectivity index (χ2n) is 30.2. The maximum absolute atomic E-state index is 13.1. The number of carbonyl (C=O) groups is 3. The third kappa shape index (κ3) is 20.8. The summed E-state index contributed by atoms with van der Waals surface area (Å²) in [5, 5.41) is 306. The summed E-state index contributed by atoms with van der Waals surface area (Å²) in [5.41, 5.74) is 0. The lowest BCUT2D eigenvalue weighted by Crippen LogP contribution is -2.70. The van der Waals surface area contributed by atoms with Gasteiger partial charge >= 0.3 is 0 Å². The van der Waals surface area contributed by atoms with Crippen LogP contribution in [0, 0.1) is 0 Å². The third-order valence-corrected chi connectivity index (χ3v) is 22.0. The Morgan fingerprint density at radius 1 is 0.237 bits per heavy atom. The first kappa shape index (κ1) is 96.8. The average molecular weight is 1730 g/mol. The first-order chi connectivity index (χ1) is 55.8. The second-order valence-corrected chi connectivity index (χ2v) is 30.2. The third-order valence-electron chi connectivity index (χ3n) is 22.0. The first-order valence-electron chi connectivity index (χ1n) is 37.9. The van der Waals surface area contributed by atoms with Crippen molar-refractivity contribution in [3.8, 4) is 0 Å². The van der Waals surface area contributed by atoms with Crippen molar-refractivity contribution in [3.63, 3.8) is 0 Å². The fourth-order valence-electron chi connectivity index (χ4n) is 15.4. The largest absolute Gasteiger partial charge is 0.394 e. The van der Waals surface area contributed by atoms with Crippen molar-refractivity contribution < 1.29 is 242 Å². The van der Waals surface area contributed by atoms with Gasteiger partial charge in [0.15, 0.2) is 62.9 Å². The zero-order chi connectivity index (χ0) is 86.8. The molecule has 3 amide bonds. The fourth-order valence-corrected chi connectivity index (χ4v) is 15.4. The SMILES string of the molecule is CC(=O)N[C@H]1[C@H](OC[C@H]2O[C@@H](O[C@H]3[C@H](O)[C@@H](O)C(O)O[C@@H]3CO)[C@H](O)[C@@H](O[C@@H]3O[C@H](CO)[C@@H](O[C@@H]4O[C@H](CO)[C@H](O)[C@H](O)[C@H]4O[C@@H]4O[C@@H](C)[C@@H](O)[C@@H](O)[C@@H]4O)[C@H](O)[C@H]3NC(C)=O)[C@H]2O)O[C@H](CO)[C@@H](O[C@@H]2O[C@H](CO)[C@H](O)[C@H](O[C@@H]3O[C@H](CO)[C@@H](O[C@@H]4O[C@H](CO)[C@H](O)[C@H](O)[C@H]4O[C@@H]4O[C@@H](C)[C@@H](O)[C@@H](O)[C@@H]4O)[C@H](O)[C@H]3NC(C)=O)[C@H]2O)[C@@H]1O. The van der Waals surface area contributed by atoms with E-state index in [4.69, 9.17) is 90.0 Å². The number of nitrogens with one attached hydrogen (secondary N) is 3. The minimum atomic E-state index is -2.42. The van der Waals surface area contributed by atoms with Gasteiger partial charge in [-0.15, -0.1) is 0 Å². The van der Waals surface area contributed by atoms with Gasteiger partial charge in [0.25, 0.3) is 0 Å². The number of carbonyl (C=O) groups excluding carboxylic acids is 3. The van der Waals surface area contributed by atoms with E-state index in [-0.39, 0.29) is 0 Å². The van der Waals surface area contributed by atoms with E-state index in [0.29, 0.717) is 0 Å². The van der Waals surface area contributed by atoms with Gasteiger partial charge in [-0.05, 0) is 13.8 Å². The molecule has 684 valence electrons. The van der Waals surface area contributed by atoms with E-state index in [2.05, 4.69) is 16.0 Å². The summed E-state index contributed by atoms with van der Waals surface area (Å²) in [6.07, 6.45) is -94.0. The molecule has 1 unspecified atom stereocenters. The van der Waals surface area contributed by atoms with E-state index in [1.165, 1.54) is 13.8 Å². The Morgan fingerprint density at radius 2 is 0.500 bits per heavy atom. The quantitative estimate of drug-likeness (QED) is 0.0331. The molecule has 118 heavy (non-hydrogen) atoms. The van der Waals surface area contributed by atoms with Crippen LogP contribution in [0.25, 0.3) is 0 Å². The molecule has 0 spiro atoms. The second kappa shape index (κ2) is 41.8. The fraction of sp³-hybridized carbons (Fsp3) is 0.955. The van der Waals surface area contributed by atoms with Gasteiger partial charge in [0.1, 0.15) is 232 Å². The predicted octanol–water partition coefficient (Wildman–Crippen LogP) is -20.3. The smallest absolute Gasteiger partial charge is 0.217 e. The first-order valence-corrected chi connectivity index (χ1v) is 37.9. The standard InChI is InChI=1S/C66H111N3O49/c1-14-30(80)39(89)45(95)61(101-14)117-55-41(91)32(82)19(6-70)105-65(55)113-50-24(11-75)108-59(28(37(50)87)68-17(4)78)115-53-34(84)21(8-72)104-63(47(53)97)111-49-23(10-74)107-58(27(36(49)86)67-16(3)77)100-13-26-35(85)54(48(98)64(110-26)112-52-22(9-73)103-57(99)44(94)43(52)93)116-60-29(69-18(5)79)38(88)51(25(12-76)109-60)114-66-56(42(92)33(83)20(7-71)106-66)118-62-46(96)40(90)31(81)15(2)102-62/h14-15,19-66,70-76,80-99H,6-13H2,1-5H3,(H,67,77)(H,68,78)(H,69,79)/t14-,15-,19+,20+,21+,22+,23+,24+,25+,26+,27+,28+,29+,30+,31+,32-,33-,34-,35-,36+,37+,38+,39+,40+,41-,42-,43+,44+,45-,46-,47+,48+,49+,50+,51+,52+,53-,54-,55+,56+,57?,58+,59-,60-,61-,62-,63-,64-,65-,66-/m0/s1. The van der Waals surface area contributed by atoms with Crippen LogP contribution in [0.4, 0.5) is 0 Å². The molecule has 30 N–H and O–H groups in total. The van der Waals surface area contributed by atoms with Crippen molar-refractivity contribution in [2.45, 2.75) is 341 Å². The molecule has 10 fully saturated rings. The van der Waals surface area contributed by atoms with Gasteiger partial charge in [0.05, 0.1) is 65.1 Å². The van der Waals surface area contributed by atoms with Crippen LogP contribution in [-0.4, -0.2) is 515 Å². The van der Waals surface area contributed by atoms with Crippen molar-refractivity contribution >= 4 is 17.7 Å². The molecular weight excluding hydrogens is 1620 g/mol. The number of rotatable bonds is 29. The molecule has 0 saturated carbocycles. The van der Waals surface area contributed by atoms with Gasteiger partial charge in [0.2, 0.25) is 17.7 Å². The number of hydrogen-bond donors (Lipinski definition) is 30. The van der Waals surface area contributed by atoms with Crippen molar-refractivity contribution in [1.29, 1.82) is 0 Å². The molecule has 10 heterocycles. The summed E-state index contributed by atoms with van der Waals surface area (Å²) in [5.74, 6) is -2.85. The molecule has 0 radical (unpaired) electrons. The Hall–Kier alpha value is -3.43. The zero-order valence-electron chi connectivity index (χ0n) is 63.6. The van der Waals surface area contributed by atoms with E-state index in [0.717, 1.165) is 20.8 Å². The molecule has 50 atom stereocenters. The van der Waals surface area contributed by atoms with Gasteiger partial charge in [-0.1, -0.05) is 0 Å². The van der Waals surface area contributed by atoms with Gasteiger partial charge < -0.3 is 244 Å². The van der Waals surface area contributed by atoms with E-state index >= 15 is 0 Å². The highest BCUT2D eigenvalue weighted by molar-refractivity contribution is 5.74. The Labute approximate surface area is 668 Å². The van der Waals surface area contributed by atoms with E-state index in [1.54, 1.807) is 0 Å². The number of ether oxygens (including phenoxy) is 19. The van der Waals surface area contributed by atoms with E-state index in [1.807, 2.05) is 0 Å². The van der Waals surface area contributed by atoms with Crippen molar-refractivity contribution in [1.82, 2.24) is 16.0 Å². The monoisotopic (exact) mass is 1730 g/mol. The van der Waals surface area contributed by atoms with Gasteiger partial charge in [0, 0.05) is 20.8 Å². The van der Waals surface area contributed by atoms with E-state index in [9.17, 15) is 152 Å². The minimum absolute atomic E-state index is 0.928. The van der Waals surface area contributed by atoms with Crippen LogP contribution in [0.15, 0.2) is 0 Å². The zero-order valence-corrected chi connectivity index (χ0v) is 63.6. The summed E-state index contributed by atoms with van der Waals surface area (Å²) < 4.78 is 112. The molecule has 0 aromatic heterocycles. The molecule has 0 aromatic rings. The van der Waals surface area contributed by atoms with Crippen LogP contribution >= 0.6 is 0 Å². The molecule has 10 saturated heterocycles. The molecule has 0 aliphatic carbocycles. The predicted molar refractivity (Wildman–Crippen MR) is 362 cm³/mol. The number of aliphatic hydroxyl groups is 27. The average Bonchev–Trinajstić information content (AvgIpc) is 0.767. The lowest BCUT2D eigenvalue weighted by molar-refractivity contribution is -0.393. The summed E-state index contributed by atoms with van der Waals surface area (Å²) in [6, 6.07) is -5.80. The molecule has 0 bridgehead atoms.